The number of nitrogens with one attached hydrogen (secondary N) is 1. The summed E-state index contributed by atoms with van der Waals surface area (Å²) in [5.74, 6) is 0. The van der Waals surface area contributed by atoms with Crippen molar-refractivity contribution in [3.63, 3.8) is 0 Å². The quantitative estimate of drug-likeness (QED) is 0.889. The van der Waals surface area contributed by atoms with E-state index in [0.29, 0.717) is 6.04 Å². The van der Waals surface area contributed by atoms with Crippen LogP contribution in [-0.2, 0) is 4.74 Å². The summed E-state index contributed by atoms with van der Waals surface area (Å²) in [7, 11) is 0. The van der Waals surface area contributed by atoms with Crippen molar-refractivity contribution in [2.75, 3.05) is 13.2 Å². The summed E-state index contributed by atoms with van der Waals surface area (Å²) >= 11 is 1.66. The third kappa shape index (κ3) is 3.72. The van der Waals surface area contributed by atoms with E-state index < -0.39 is 0 Å². The minimum absolute atomic E-state index is 0. The molecule has 1 aliphatic heterocycles. The molecule has 2 atom stereocenters. The smallest absolute Gasteiger partial charge is 0.121 e. The zero-order valence-corrected chi connectivity index (χ0v) is 10.4. The van der Waals surface area contributed by atoms with Gasteiger partial charge in [0, 0.05) is 17.6 Å². The minimum atomic E-state index is 0. The van der Waals surface area contributed by atoms with Crippen molar-refractivity contribution in [1.82, 2.24) is 10.3 Å². The van der Waals surface area contributed by atoms with Crippen molar-refractivity contribution in [1.29, 1.82) is 0 Å². The Kier molecular flexibility index (Phi) is 5.53. The van der Waals surface area contributed by atoms with Gasteiger partial charge in [-0.25, -0.2) is 4.98 Å². The molecule has 0 radical (unpaired) electrons. The molecule has 2 rings (SSSR count). The normalized spacial score (nSPS) is 22.3. The molecule has 0 saturated carbocycles. The Bertz CT molecular complexity index is 262. The van der Waals surface area contributed by atoms with Crippen LogP contribution in [0.25, 0.3) is 0 Å². The van der Waals surface area contributed by atoms with Crippen LogP contribution in [0.1, 0.15) is 30.9 Å². The molecular formula is C10H17ClN2OS. The van der Waals surface area contributed by atoms with Crippen LogP contribution in [0.2, 0.25) is 0 Å². The standard InChI is InChI=1S/C10H16N2OS.ClH/c1-8(10-12-5-6-14-10)13-7-9-3-2-4-11-9;/h5-6,8-9,11H,2-4,7H2,1H3;1H. The molecule has 0 aromatic carbocycles. The van der Waals surface area contributed by atoms with Crippen molar-refractivity contribution in [3.05, 3.63) is 16.6 Å². The molecule has 1 N–H and O–H groups in total. The highest BCUT2D eigenvalue weighted by Gasteiger charge is 2.16. The van der Waals surface area contributed by atoms with E-state index in [1.807, 2.05) is 11.6 Å². The van der Waals surface area contributed by atoms with E-state index in [1.165, 1.54) is 12.8 Å². The van der Waals surface area contributed by atoms with E-state index in [4.69, 9.17) is 4.74 Å². The fourth-order valence-corrected chi connectivity index (χ4v) is 2.31. The van der Waals surface area contributed by atoms with E-state index in [-0.39, 0.29) is 18.5 Å². The third-order valence-electron chi connectivity index (χ3n) is 2.51. The molecule has 0 amide bonds. The summed E-state index contributed by atoms with van der Waals surface area (Å²) in [6.45, 7) is 4.01. The van der Waals surface area contributed by atoms with Crippen LogP contribution in [-0.4, -0.2) is 24.2 Å². The maximum Gasteiger partial charge on any atom is 0.121 e. The number of hydrogen-bond acceptors (Lipinski definition) is 4. The molecule has 1 aromatic rings. The second-order valence-corrected chi connectivity index (χ2v) is 4.57. The van der Waals surface area contributed by atoms with Crippen LogP contribution in [0.5, 0.6) is 0 Å². The Labute approximate surface area is 101 Å². The monoisotopic (exact) mass is 248 g/mol. The van der Waals surface area contributed by atoms with Crippen LogP contribution in [0.3, 0.4) is 0 Å². The molecule has 1 saturated heterocycles. The molecular weight excluding hydrogens is 232 g/mol. The lowest BCUT2D eigenvalue weighted by molar-refractivity contribution is 0.0523. The third-order valence-corrected chi connectivity index (χ3v) is 3.45. The predicted octanol–water partition coefficient (Wildman–Crippen LogP) is 2.39. The van der Waals surface area contributed by atoms with Crippen molar-refractivity contribution < 1.29 is 4.74 Å². The van der Waals surface area contributed by atoms with Gasteiger partial charge in [0.15, 0.2) is 0 Å². The molecule has 1 aromatic heterocycles. The van der Waals surface area contributed by atoms with Crippen LogP contribution < -0.4 is 5.32 Å². The highest BCUT2D eigenvalue weighted by molar-refractivity contribution is 7.09. The van der Waals surface area contributed by atoms with E-state index in [2.05, 4.69) is 17.2 Å². The Hall–Kier alpha value is -0.160. The molecule has 2 unspecified atom stereocenters. The molecule has 1 aliphatic rings. The number of thiazole rings is 1. The zero-order valence-electron chi connectivity index (χ0n) is 8.81. The average molecular weight is 249 g/mol. The molecule has 0 aliphatic carbocycles. The summed E-state index contributed by atoms with van der Waals surface area (Å²) < 4.78 is 5.76. The van der Waals surface area contributed by atoms with Gasteiger partial charge in [0.2, 0.25) is 0 Å². The number of aromatic nitrogens is 1. The van der Waals surface area contributed by atoms with Gasteiger partial charge < -0.3 is 10.1 Å². The Morgan fingerprint density at radius 1 is 1.73 bits per heavy atom. The Balaban J connectivity index is 0.00000112. The van der Waals surface area contributed by atoms with E-state index in [9.17, 15) is 0 Å². The summed E-state index contributed by atoms with van der Waals surface area (Å²) in [6.07, 6.45) is 4.48. The average Bonchev–Trinajstić information content (AvgIpc) is 2.87. The second-order valence-electron chi connectivity index (χ2n) is 3.64. The summed E-state index contributed by atoms with van der Waals surface area (Å²) in [4.78, 5) is 4.23. The van der Waals surface area contributed by atoms with Crippen LogP contribution in [0.15, 0.2) is 11.6 Å². The molecule has 15 heavy (non-hydrogen) atoms. The topological polar surface area (TPSA) is 34.1 Å². The van der Waals surface area contributed by atoms with Gasteiger partial charge in [0.1, 0.15) is 11.1 Å². The zero-order chi connectivity index (χ0) is 9.80. The van der Waals surface area contributed by atoms with Crippen molar-refractivity contribution in [3.8, 4) is 0 Å². The van der Waals surface area contributed by atoms with Gasteiger partial charge in [0.25, 0.3) is 0 Å². The lowest BCUT2D eigenvalue weighted by Crippen LogP contribution is -2.27. The summed E-state index contributed by atoms with van der Waals surface area (Å²) in [5.41, 5.74) is 0. The maximum absolute atomic E-state index is 5.76. The lowest BCUT2D eigenvalue weighted by Gasteiger charge is -2.14. The first-order valence-electron chi connectivity index (χ1n) is 5.10. The van der Waals surface area contributed by atoms with Crippen molar-refractivity contribution in [2.45, 2.75) is 31.9 Å². The van der Waals surface area contributed by atoms with Crippen molar-refractivity contribution in [2.24, 2.45) is 0 Å². The van der Waals surface area contributed by atoms with E-state index >= 15 is 0 Å². The lowest BCUT2D eigenvalue weighted by atomic mass is 10.2. The SMILES string of the molecule is CC(OCC1CCCN1)c1nccs1.Cl. The molecule has 86 valence electrons. The van der Waals surface area contributed by atoms with Gasteiger partial charge in [-0.2, -0.15) is 0 Å². The first-order chi connectivity index (χ1) is 6.86. The van der Waals surface area contributed by atoms with Gasteiger partial charge in [-0.1, -0.05) is 0 Å². The first kappa shape index (κ1) is 12.9. The molecule has 5 heteroatoms. The number of rotatable bonds is 4. The maximum atomic E-state index is 5.76. The molecule has 0 spiro atoms. The van der Waals surface area contributed by atoms with Crippen LogP contribution in [0.4, 0.5) is 0 Å². The van der Waals surface area contributed by atoms with E-state index in [1.54, 1.807) is 11.3 Å². The highest BCUT2D eigenvalue weighted by atomic mass is 35.5. The fourth-order valence-electron chi connectivity index (χ4n) is 1.67. The number of halogens is 1. The molecule has 2 heterocycles. The number of hydrogen-bond donors (Lipinski definition) is 1. The number of ether oxygens (including phenoxy) is 1. The number of nitrogens with zero attached hydrogens (tertiary/aromatic N) is 1. The van der Waals surface area contributed by atoms with Crippen LogP contribution >= 0.6 is 23.7 Å². The van der Waals surface area contributed by atoms with Gasteiger partial charge in [-0.3, -0.25) is 0 Å². The molecule has 3 nitrogen and oxygen atoms in total. The van der Waals surface area contributed by atoms with Gasteiger partial charge >= 0.3 is 0 Å². The van der Waals surface area contributed by atoms with Gasteiger partial charge in [0.05, 0.1) is 6.61 Å². The Morgan fingerprint density at radius 2 is 2.60 bits per heavy atom. The molecule has 0 bridgehead atoms. The van der Waals surface area contributed by atoms with Crippen LogP contribution in [0, 0.1) is 0 Å². The molecule has 1 fully saturated rings. The Morgan fingerprint density at radius 3 is 3.20 bits per heavy atom. The second kappa shape index (κ2) is 6.43. The van der Waals surface area contributed by atoms with Gasteiger partial charge in [-0.15, -0.1) is 23.7 Å². The first-order valence-corrected chi connectivity index (χ1v) is 5.98. The predicted molar refractivity (Wildman–Crippen MR) is 64.8 cm³/mol. The highest BCUT2D eigenvalue weighted by Crippen LogP contribution is 2.19. The van der Waals surface area contributed by atoms with E-state index in [0.717, 1.165) is 18.2 Å². The van der Waals surface area contributed by atoms with Crippen molar-refractivity contribution >= 4 is 23.7 Å². The largest absolute Gasteiger partial charge is 0.370 e. The summed E-state index contributed by atoms with van der Waals surface area (Å²) in [5, 5.41) is 6.48. The van der Waals surface area contributed by atoms with Gasteiger partial charge in [-0.05, 0) is 26.3 Å². The fraction of sp³-hybridized carbons (Fsp3) is 0.700. The summed E-state index contributed by atoms with van der Waals surface area (Å²) in [6, 6.07) is 0.553. The minimum Gasteiger partial charge on any atom is -0.370 e.